The van der Waals surface area contributed by atoms with Crippen LogP contribution < -0.4 is 14.8 Å². The van der Waals surface area contributed by atoms with Crippen molar-refractivity contribution in [3.8, 4) is 11.5 Å². The van der Waals surface area contributed by atoms with Crippen LogP contribution in [0, 0.1) is 3.57 Å². The lowest BCUT2D eigenvalue weighted by Gasteiger charge is -2.14. The highest BCUT2D eigenvalue weighted by Gasteiger charge is 2.30. The zero-order valence-corrected chi connectivity index (χ0v) is 17.5. The molecule has 8 heteroatoms. The minimum absolute atomic E-state index is 0.218. The summed E-state index contributed by atoms with van der Waals surface area (Å²) in [7, 11) is 2.98. The first-order chi connectivity index (χ1) is 12.9. The molecule has 0 unspecified atom stereocenters. The van der Waals surface area contributed by atoms with Gasteiger partial charge in [-0.1, -0.05) is 23.7 Å². The summed E-state index contributed by atoms with van der Waals surface area (Å²) in [4.78, 5) is 24.6. The van der Waals surface area contributed by atoms with E-state index >= 15 is 0 Å². The summed E-state index contributed by atoms with van der Waals surface area (Å²) >= 11 is 8.04. The molecule has 1 fully saturated rings. The van der Waals surface area contributed by atoms with Crippen molar-refractivity contribution in [1.82, 2.24) is 10.2 Å². The maximum absolute atomic E-state index is 12.0. The molecule has 1 saturated heterocycles. The Morgan fingerprint density at radius 1 is 1.22 bits per heavy atom. The molecule has 0 radical (unpaired) electrons. The van der Waals surface area contributed by atoms with Crippen LogP contribution in [0.15, 0.2) is 42.1 Å². The van der Waals surface area contributed by atoms with Crippen LogP contribution in [-0.4, -0.2) is 31.0 Å². The number of rotatable bonds is 5. The smallest absolute Gasteiger partial charge is 0.328 e. The van der Waals surface area contributed by atoms with Crippen molar-refractivity contribution in [2.45, 2.75) is 6.61 Å². The molecule has 0 spiro atoms. The van der Waals surface area contributed by atoms with Crippen LogP contribution in [0.3, 0.4) is 0 Å². The van der Waals surface area contributed by atoms with E-state index in [-0.39, 0.29) is 11.6 Å². The second-order valence-electron chi connectivity index (χ2n) is 5.80. The van der Waals surface area contributed by atoms with Gasteiger partial charge in [-0.15, -0.1) is 0 Å². The van der Waals surface area contributed by atoms with Gasteiger partial charge in [-0.25, -0.2) is 4.79 Å². The highest BCUT2D eigenvalue weighted by atomic mass is 127. The van der Waals surface area contributed by atoms with Crippen molar-refractivity contribution in [1.29, 1.82) is 0 Å². The minimum atomic E-state index is -0.448. The van der Waals surface area contributed by atoms with Crippen LogP contribution >= 0.6 is 34.2 Å². The van der Waals surface area contributed by atoms with Crippen molar-refractivity contribution in [2.24, 2.45) is 0 Å². The van der Waals surface area contributed by atoms with E-state index in [1.165, 1.54) is 7.05 Å². The lowest BCUT2D eigenvalue weighted by molar-refractivity contribution is -0.121. The topological polar surface area (TPSA) is 67.9 Å². The van der Waals surface area contributed by atoms with Crippen molar-refractivity contribution in [2.75, 3.05) is 14.2 Å². The summed E-state index contributed by atoms with van der Waals surface area (Å²) in [5.41, 5.74) is 1.91. The maximum atomic E-state index is 12.0. The standard InChI is InChI=1S/C19H16ClIN2O4/c1-23-18(24)15(22-19(23)25)8-12-7-14(21)17(16(9-12)26-2)27-10-11-3-5-13(20)6-4-11/h3-9H,10H2,1-2H3,(H,22,25)/b15-8-. The molecule has 0 atom stereocenters. The van der Waals surface area contributed by atoms with Crippen LogP contribution in [-0.2, 0) is 11.4 Å². The fourth-order valence-corrected chi connectivity index (χ4v) is 3.40. The molecule has 2 aromatic rings. The number of hydrogen-bond donors (Lipinski definition) is 1. The van der Waals surface area contributed by atoms with Crippen molar-refractivity contribution in [3.05, 3.63) is 61.8 Å². The van der Waals surface area contributed by atoms with Gasteiger partial charge in [-0.2, -0.15) is 0 Å². The van der Waals surface area contributed by atoms with Gasteiger partial charge >= 0.3 is 6.03 Å². The van der Waals surface area contributed by atoms with Crippen LogP contribution in [0.2, 0.25) is 5.02 Å². The van der Waals surface area contributed by atoms with Crippen LogP contribution in [0.25, 0.3) is 6.08 Å². The van der Waals surface area contributed by atoms with Gasteiger partial charge in [0.2, 0.25) is 0 Å². The molecule has 0 bridgehead atoms. The number of nitrogens with one attached hydrogen (secondary N) is 1. The van der Waals surface area contributed by atoms with Gasteiger partial charge in [-0.05, 0) is 64.1 Å². The Morgan fingerprint density at radius 2 is 1.93 bits per heavy atom. The quantitative estimate of drug-likeness (QED) is 0.384. The van der Waals surface area contributed by atoms with Gasteiger partial charge in [-0.3, -0.25) is 9.69 Å². The number of ether oxygens (including phenoxy) is 2. The first-order valence-corrected chi connectivity index (χ1v) is 9.40. The molecular weight excluding hydrogens is 483 g/mol. The average Bonchev–Trinajstić information content (AvgIpc) is 2.88. The summed E-state index contributed by atoms with van der Waals surface area (Å²) in [6.07, 6.45) is 1.61. The Morgan fingerprint density at radius 3 is 2.52 bits per heavy atom. The first kappa shape index (κ1) is 19.5. The van der Waals surface area contributed by atoms with Gasteiger partial charge in [0.1, 0.15) is 12.3 Å². The number of carbonyl (C=O) groups is 2. The molecule has 27 heavy (non-hydrogen) atoms. The third kappa shape index (κ3) is 4.36. The van der Waals surface area contributed by atoms with Crippen LogP contribution in [0.5, 0.6) is 11.5 Å². The van der Waals surface area contributed by atoms with E-state index in [9.17, 15) is 9.59 Å². The Kier molecular flexibility index (Phi) is 5.91. The summed E-state index contributed by atoms with van der Waals surface area (Å²) in [6.45, 7) is 0.364. The molecule has 1 aliphatic rings. The molecule has 6 nitrogen and oxygen atoms in total. The highest BCUT2D eigenvalue weighted by Crippen LogP contribution is 2.35. The Balaban J connectivity index is 1.84. The molecule has 2 aromatic carbocycles. The van der Waals surface area contributed by atoms with E-state index < -0.39 is 6.03 Å². The monoisotopic (exact) mass is 498 g/mol. The maximum Gasteiger partial charge on any atom is 0.328 e. The van der Waals surface area contributed by atoms with Crippen molar-refractivity contribution < 1.29 is 19.1 Å². The molecule has 0 aromatic heterocycles. The highest BCUT2D eigenvalue weighted by molar-refractivity contribution is 14.1. The Labute approximate surface area is 175 Å². The first-order valence-electron chi connectivity index (χ1n) is 7.94. The Hall–Kier alpha value is -2.26. The molecule has 1 aliphatic heterocycles. The largest absolute Gasteiger partial charge is 0.493 e. The number of nitrogens with zero attached hydrogens (tertiary/aromatic N) is 1. The number of methoxy groups -OCH3 is 1. The zero-order chi connectivity index (χ0) is 19.6. The lowest BCUT2D eigenvalue weighted by atomic mass is 10.1. The third-order valence-corrected chi connectivity index (χ3v) is 4.99. The van der Waals surface area contributed by atoms with Gasteiger partial charge in [0.15, 0.2) is 11.5 Å². The molecule has 0 aliphatic carbocycles. The summed E-state index contributed by atoms with van der Waals surface area (Å²) < 4.78 is 12.2. The predicted molar refractivity (Wildman–Crippen MR) is 111 cm³/mol. The normalized spacial score (nSPS) is 15.3. The molecule has 3 amide bonds. The van der Waals surface area contributed by atoms with E-state index in [0.29, 0.717) is 28.7 Å². The average molecular weight is 499 g/mol. The van der Waals surface area contributed by atoms with Gasteiger partial charge in [0.25, 0.3) is 5.91 Å². The number of carbonyl (C=O) groups excluding carboxylic acids is 2. The molecule has 140 valence electrons. The van der Waals surface area contributed by atoms with E-state index in [2.05, 4.69) is 27.9 Å². The number of imide groups is 1. The number of amides is 3. The second kappa shape index (κ2) is 8.18. The lowest BCUT2D eigenvalue weighted by Crippen LogP contribution is -2.25. The van der Waals surface area contributed by atoms with Crippen molar-refractivity contribution in [3.63, 3.8) is 0 Å². The summed E-state index contributed by atoms with van der Waals surface area (Å²) in [5.74, 6) is 0.763. The number of benzene rings is 2. The molecule has 3 rings (SSSR count). The number of urea groups is 1. The minimum Gasteiger partial charge on any atom is -0.493 e. The molecule has 1 heterocycles. The number of hydrogen-bond acceptors (Lipinski definition) is 4. The van der Waals surface area contributed by atoms with E-state index in [0.717, 1.165) is 14.0 Å². The molecule has 0 saturated carbocycles. The van der Waals surface area contributed by atoms with Gasteiger partial charge in [0.05, 0.1) is 10.7 Å². The van der Waals surface area contributed by atoms with E-state index in [1.807, 2.05) is 30.3 Å². The van der Waals surface area contributed by atoms with E-state index in [1.54, 1.807) is 19.3 Å². The SMILES string of the molecule is COc1cc(/C=C2\NC(=O)N(C)C2=O)cc(I)c1OCc1ccc(Cl)cc1. The fraction of sp³-hybridized carbons (Fsp3) is 0.158. The second-order valence-corrected chi connectivity index (χ2v) is 7.40. The number of halogens is 2. The van der Waals surface area contributed by atoms with Gasteiger partial charge < -0.3 is 14.8 Å². The van der Waals surface area contributed by atoms with Crippen LogP contribution in [0.4, 0.5) is 4.79 Å². The number of likely N-dealkylation sites (N-methyl/N-ethyl adjacent to an activating group) is 1. The van der Waals surface area contributed by atoms with Gasteiger partial charge in [0, 0.05) is 12.1 Å². The summed E-state index contributed by atoms with van der Waals surface area (Å²) in [6, 6.07) is 10.6. The fourth-order valence-electron chi connectivity index (χ4n) is 2.49. The Bertz CT molecular complexity index is 928. The zero-order valence-electron chi connectivity index (χ0n) is 14.6. The molecular formula is C19H16ClIN2O4. The van der Waals surface area contributed by atoms with Crippen LogP contribution in [0.1, 0.15) is 11.1 Å². The van der Waals surface area contributed by atoms with Crippen molar-refractivity contribution >= 4 is 52.2 Å². The summed E-state index contributed by atoms with van der Waals surface area (Å²) in [5, 5.41) is 3.21. The third-order valence-electron chi connectivity index (χ3n) is 3.94. The predicted octanol–water partition coefficient (Wildman–Crippen LogP) is 4.05. The van der Waals surface area contributed by atoms with E-state index in [4.69, 9.17) is 21.1 Å². The molecule has 1 N–H and O–H groups in total.